The molecule has 0 aliphatic heterocycles. The maximum atomic E-state index is 12.1. The van der Waals surface area contributed by atoms with E-state index in [1.807, 2.05) is 0 Å². The van der Waals surface area contributed by atoms with E-state index in [2.05, 4.69) is 10.6 Å². The van der Waals surface area contributed by atoms with Crippen molar-refractivity contribution in [2.24, 2.45) is 0 Å². The Bertz CT molecular complexity index is 1220. The third kappa shape index (κ3) is 8.45. The Kier molecular flexibility index (Phi) is 8.86. The van der Waals surface area contributed by atoms with Gasteiger partial charge in [0.2, 0.25) is 0 Å². The molecular formula is C28H22Cl2N2O5. The number of benzene rings is 4. The molecule has 0 aromatic heterocycles. The zero-order chi connectivity index (χ0) is 26.0. The van der Waals surface area contributed by atoms with E-state index in [0.29, 0.717) is 44.4 Å². The van der Waals surface area contributed by atoms with Crippen molar-refractivity contribution in [3.63, 3.8) is 0 Å². The molecule has 0 saturated heterocycles. The summed E-state index contributed by atoms with van der Waals surface area (Å²) in [7, 11) is 0. The van der Waals surface area contributed by atoms with Crippen LogP contribution in [0.25, 0.3) is 0 Å². The second-order valence-corrected chi connectivity index (χ2v) is 8.61. The molecule has 0 spiro atoms. The first-order chi connectivity index (χ1) is 17.9. The van der Waals surface area contributed by atoms with E-state index < -0.39 is 0 Å². The molecule has 188 valence electrons. The molecule has 0 saturated carbocycles. The van der Waals surface area contributed by atoms with Crippen molar-refractivity contribution in [3.05, 3.63) is 107 Å². The number of anilines is 2. The highest BCUT2D eigenvalue weighted by molar-refractivity contribution is 6.30. The van der Waals surface area contributed by atoms with E-state index in [9.17, 15) is 9.59 Å². The lowest BCUT2D eigenvalue weighted by atomic mass is 10.2. The lowest BCUT2D eigenvalue weighted by Crippen LogP contribution is -2.20. The quantitative estimate of drug-likeness (QED) is 0.232. The van der Waals surface area contributed by atoms with E-state index in [1.54, 1.807) is 97.1 Å². The van der Waals surface area contributed by atoms with Gasteiger partial charge in [-0.25, -0.2) is 0 Å². The molecule has 0 atom stereocenters. The van der Waals surface area contributed by atoms with Gasteiger partial charge >= 0.3 is 0 Å². The molecule has 4 aromatic rings. The maximum Gasteiger partial charge on any atom is 0.262 e. The number of halogens is 2. The van der Waals surface area contributed by atoms with Crippen molar-refractivity contribution in [2.45, 2.75) is 0 Å². The zero-order valence-corrected chi connectivity index (χ0v) is 21.0. The summed E-state index contributed by atoms with van der Waals surface area (Å²) in [5.74, 6) is 1.70. The van der Waals surface area contributed by atoms with Crippen molar-refractivity contribution < 1.29 is 23.8 Å². The van der Waals surface area contributed by atoms with Crippen molar-refractivity contribution in [2.75, 3.05) is 23.8 Å². The molecule has 4 rings (SSSR count). The number of carbonyl (C=O) groups excluding carboxylic acids is 2. The first kappa shape index (κ1) is 25.9. The smallest absolute Gasteiger partial charge is 0.262 e. The van der Waals surface area contributed by atoms with Gasteiger partial charge in [0.25, 0.3) is 11.8 Å². The van der Waals surface area contributed by atoms with Gasteiger partial charge < -0.3 is 24.8 Å². The number of rotatable bonds is 10. The average molecular weight is 537 g/mol. The summed E-state index contributed by atoms with van der Waals surface area (Å²) in [5, 5.41) is 6.71. The topological polar surface area (TPSA) is 85.9 Å². The van der Waals surface area contributed by atoms with Gasteiger partial charge in [0.05, 0.1) is 0 Å². The van der Waals surface area contributed by atoms with Gasteiger partial charge in [-0.05, 0) is 97.1 Å². The van der Waals surface area contributed by atoms with E-state index in [1.165, 1.54) is 0 Å². The molecule has 0 fully saturated rings. The van der Waals surface area contributed by atoms with Crippen LogP contribution in [0.15, 0.2) is 97.1 Å². The van der Waals surface area contributed by atoms with Gasteiger partial charge in [0.1, 0.15) is 23.0 Å². The molecule has 7 nitrogen and oxygen atoms in total. The molecule has 0 aliphatic carbocycles. The predicted octanol–water partition coefficient (Wildman–Crippen LogP) is 6.82. The molecule has 0 aliphatic rings. The molecular weight excluding hydrogens is 515 g/mol. The minimum absolute atomic E-state index is 0.129. The predicted molar refractivity (Wildman–Crippen MR) is 144 cm³/mol. The molecule has 0 heterocycles. The number of amides is 2. The second kappa shape index (κ2) is 12.7. The summed E-state index contributed by atoms with van der Waals surface area (Å²) in [6.07, 6.45) is 0. The SMILES string of the molecule is O=C(COc1ccc(Cl)cc1)Nc1ccc(Oc2ccc(NC(=O)COc3ccc(Cl)cc3)cc2)cc1. The van der Waals surface area contributed by atoms with E-state index in [4.69, 9.17) is 37.4 Å². The number of hydrogen-bond donors (Lipinski definition) is 2. The van der Waals surface area contributed by atoms with Crippen molar-refractivity contribution in [1.29, 1.82) is 0 Å². The Morgan fingerprint density at radius 1 is 0.514 bits per heavy atom. The van der Waals surface area contributed by atoms with Gasteiger partial charge in [-0.15, -0.1) is 0 Å². The van der Waals surface area contributed by atoms with E-state index in [-0.39, 0.29) is 25.0 Å². The lowest BCUT2D eigenvalue weighted by Gasteiger charge is -2.10. The van der Waals surface area contributed by atoms with E-state index in [0.717, 1.165) is 0 Å². The maximum absolute atomic E-state index is 12.1. The first-order valence-electron chi connectivity index (χ1n) is 11.2. The van der Waals surface area contributed by atoms with Crippen LogP contribution in [-0.2, 0) is 9.59 Å². The largest absolute Gasteiger partial charge is 0.484 e. The molecule has 0 radical (unpaired) electrons. The van der Waals surface area contributed by atoms with Gasteiger partial charge in [-0.1, -0.05) is 23.2 Å². The van der Waals surface area contributed by atoms with Gasteiger partial charge in [-0.2, -0.15) is 0 Å². The van der Waals surface area contributed by atoms with Crippen LogP contribution in [0.5, 0.6) is 23.0 Å². The fourth-order valence-corrected chi connectivity index (χ4v) is 3.35. The zero-order valence-electron chi connectivity index (χ0n) is 19.4. The molecule has 4 aromatic carbocycles. The Hall–Kier alpha value is -4.20. The van der Waals surface area contributed by atoms with Crippen LogP contribution in [0.2, 0.25) is 10.0 Å². The molecule has 9 heteroatoms. The van der Waals surface area contributed by atoms with Crippen LogP contribution in [0.4, 0.5) is 11.4 Å². The summed E-state index contributed by atoms with van der Waals surface area (Å²) in [6.45, 7) is -0.258. The standard InChI is InChI=1S/C28H22Cl2N2O5/c29-19-1-9-23(10-2-19)35-17-27(33)31-21-5-13-25(14-6-21)37-26-15-7-22(8-16-26)32-28(34)18-36-24-11-3-20(30)4-12-24/h1-16H,17-18H2,(H,31,33)(H,32,34). The molecule has 2 N–H and O–H groups in total. The number of ether oxygens (including phenoxy) is 3. The highest BCUT2D eigenvalue weighted by Gasteiger charge is 2.07. The van der Waals surface area contributed by atoms with Crippen LogP contribution >= 0.6 is 23.2 Å². The normalized spacial score (nSPS) is 10.3. The van der Waals surface area contributed by atoms with Crippen LogP contribution in [0, 0.1) is 0 Å². The lowest BCUT2D eigenvalue weighted by molar-refractivity contribution is -0.118. The third-order valence-electron chi connectivity index (χ3n) is 4.88. The van der Waals surface area contributed by atoms with Crippen molar-refractivity contribution >= 4 is 46.4 Å². The molecule has 37 heavy (non-hydrogen) atoms. The molecule has 2 amide bonds. The average Bonchev–Trinajstić information content (AvgIpc) is 2.90. The Morgan fingerprint density at radius 3 is 1.19 bits per heavy atom. The molecule has 0 unspecified atom stereocenters. The highest BCUT2D eigenvalue weighted by Crippen LogP contribution is 2.25. The van der Waals surface area contributed by atoms with Gasteiger partial charge in [-0.3, -0.25) is 9.59 Å². The minimum Gasteiger partial charge on any atom is -0.484 e. The first-order valence-corrected chi connectivity index (χ1v) is 11.9. The summed E-state index contributed by atoms with van der Waals surface area (Å²) in [5.41, 5.74) is 1.21. The number of hydrogen-bond acceptors (Lipinski definition) is 5. The van der Waals surface area contributed by atoms with E-state index >= 15 is 0 Å². The highest BCUT2D eigenvalue weighted by atomic mass is 35.5. The second-order valence-electron chi connectivity index (χ2n) is 7.73. The summed E-state index contributed by atoms with van der Waals surface area (Å²) in [6, 6.07) is 27.4. The van der Waals surface area contributed by atoms with Crippen LogP contribution in [0.3, 0.4) is 0 Å². The fraction of sp³-hybridized carbons (Fsp3) is 0.0714. The Morgan fingerprint density at radius 2 is 0.838 bits per heavy atom. The monoisotopic (exact) mass is 536 g/mol. The Balaban J connectivity index is 1.21. The van der Waals surface area contributed by atoms with Crippen LogP contribution in [0.1, 0.15) is 0 Å². The van der Waals surface area contributed by atoms with Gasteiger partial charge in [0.15, 0.2) is 13.2 Å². The van der Waals surface area contributed by atoms with Crippen molar-refractivity contribution in [3.8, 4) is 23.0 Å². The summed E-state index contributed by atoms with van der Waals surface area (Å²) >= 11 is 11.7. The summed E-state index contributed by atoms with van der Waals surface area (Å²) < 4.78 is 16.7. The molecule has 0 bridgehead atoms. The van der Waals surface area contributed by atoms with Gasteiger partial charge in [0, 0.05) is 21.4 Å². The van der Waals surface area contributed by atoms with Crippen LogP contribution < -0.4 is 24.8 Å². The van der Waals surface area contributed by atoms with Crippen molar-refractivity contribution in [1.82, 2.24) is 0 Å². The fourth-order valence-electron chi connectivity index (χ4n) is 3.10. The summed E-state index contributed by atoms with van der Waals surface area (Å²) in [4.78, 5) is 24.3. The Labute approximate surface area is 223 Å². The minimum atomic E-state index is -0.292. The number of carbonyl (C=O) groups is 2. The third-order valence-corrected chi connectivity index (χ3v) is 5.38. The number of nitrogens with one attached hydrogen (secondary N) is 2. The van der Waals surface area contributed by atoms with Crippen LogP contribution in [-0.4, -0.2) is 25.0 Å².